The molecule has 0 aromatic heterocycles. The monoisotopic (exact) mass is 382 g/mol. The fourth-order valence-electron chi connectivity index (χ4n) is 4.18. The third-order valence-electron chi connectivity index (χ3n) is 5.86. The highest BCUT2D eigenvalue weighted by molar-refractivity contribution is 5.84. The van der Waals surface area contributed by atoms with Crippen LogP contribution in [-0.2, 0) is 11.2 Å². The molecular formula is C24H34N2O2. The minimum Gasteiger partial charge on any atom is -0.497 e. The van der Waals surface area contributed by atoms with Gasteiger partial charge in [0.05, 0.1) is 7.11 Å². The van der Waals surface area contributed by atoms with E-state index < -0.39 is 0 Å². The summed E-state index contributed by atoms with van der Waals surface area (Å²) in [7, 11) is 1.71. The maximum atomic E-state index is 12.1. The number of piperidine rings is 1. The van der Waals surface area contributed by atoms with E-state index in [1.807, 2.05) is 6.07 Å². The summed E-state index contributed by atoms with van der Waals surface area (Å²) in [6.07, 6.45) is 5.09. The molecule has 1 atom stereocenters. The summed E-state index contributed by atoms with van der Waals surface area (Å²) < 4.78 is 5.33. The molecule has 2 aromatic rings. The van der Waals surface area contributed by atoms with Gasteiger partial charge in [-0.25, -0.2) is 0 Å². The molecule has 0 aliphatic carbocycles. The average molecular weight is 383 g/mol. The van der Waals surface area contributed by atoms with Gasteiger partial charge in [0.1, 0.15) is 5.75 Å². The van der Waals surface area contributed by atoms with Gasteiger partial charge in [0.2, 0.25) is 5.91 Å². The number of carbonyl (C=O) groups is 1. The standard InChI is InChI=1S/C24H34N2O2/c1-4-12-25(14-15-26-13-6-5-7-24(26)27)19(2)16-20-8-9-22-18-23(28-3)11-10-21(22)17-20/h8-11,17-19H,4-7,12-16H2,1-3H3. The average Bonchev–Trinajstić information content (AvgIpc) is 2.71. The van der Waals surface area contributed by atoms with Crippen LogP contribution < -0.4 is 4.74 Å². The summed E-state index contributed by atoms with van der Waals surface area (Å²) in [4.78, 5) is 16.7. The zero-order chi connectivity index (χ0) is 19.9. The second kappa shape index (κ2) is 9.92. The van der Waals surface area contributed by atoms with Gasteiger partial charge in [-0.2, -0.15) is 0 Å². The lowest BCUT2D eigenvalue weighted by Gasteiger charge is -2.33. The Morgan fingerprint density at radius 3 is 2.64 bits per heavy atom. The van der Waals surface area contributed by atoms with Crippen LogP contribution >= 0.6 is 0 Å². The highest BCUT2D eigenvalue weighted by Gasteiger charge is 2.20. The molecule has 0 bridgehead atoms. The molecule has 1 fully saturated rings. The smallest absolute Gasteiger partial charge is 0.222 e. The number of nitrogens with zero attached hydrogens (tertiary/aromatic N) is 2. The lowest BCUT2D eigenvalue weighted by molar-refractivity contribution is -0.133. The molecule has 28 heavy (non-hydrogen) atoms. The number of ether oxygens (including phenoxy) is 1. The first kappa shape index (κ1) is 20.7. The van der Waals surface area contributed by atoms with Crippen molar-refractivity contribution in [3.05, 3.63) is 42.0 Å². The highest BCUT2D eigenvalue weighted by Crippen LogP contribution is 2.23. The number of hydrogen-bond acceptors (Lipinski definition) is 3. The van der Waals surface area contributed by atoms with E-state index in [0.29, 0.717) is 11.9 Å². The molecule has 0 spiro atoms. The number of methoxy groups -OCH3 is 1. The summed E-state index contributed by atoms with van der Waals surface area (Å²) in [6.45, 7) is 8.38. The molecule has 1 unspecified atom stereocenters. The zero-order valence-corrected chi connectivity index (χ0v) is 17.6. The van der Waals surface area contributed by atoms with Gasteiger partial charge >= 0.3 is 0 Å². The van der Waals surface area contributed by atoms with Crippen molar-refractivity contribution in [3.8, 4) is 5.75 Å². The number of fused-ring (bicyclic) bond motifs is 1. The lowest BCUT2D eigenvalue weighted by atomic mass is 10.0. The Labute approximate surface area is 169 Å². The zero-order valence-electron chi connectivity index (χ0n) is 17.6. The Kier molecular flexibility index (Phi) is 7.32. The van der Waals surface area contributed by atoms with Gasteiger partial charge in [0.15, 0.2) is 0 Å². The minimum absolute atomic E-state index is 0.334. The van der Waals surface area contributed by atoms with E-state index in [1.54, 1.807) is 7.11 Å². The number of amides is 1. The van der Waals surface area contributed by atoms with Crippen molar-refractivity contribution in [1.82, 2.24) is 9.80 Å². The summed E-state index contributed by atoms with van der Waals surface area (Å²) in [6, 6.07) is 13.4. The van der Waals surface area contributed by atoms with Gasteiger partial charge in [-0.15, -0.1) is 0 Å². The SMILES string of the molecule is CCCN(CCN1CCCCC1=O)C(C)Cc1ccc2cc(OC)ccc2c1. The fourth-order valence-corrected chi connectivity index (χ4v) is 4.18. The first-order valence-corrected chi connectivity index (χ1v) is 10.7. The van der Waals surface area contributed by atoms with Crippen molar-refractivity contribution >= 4 is 16.7 Å². The molecule has 152 valence electrons. The van der Waals surface area contributed by atoms with E-state index in [-0.39, 0.29) is 0 Å². The van der Waals surface area contributed by atoms with Crippen LogP contribution in [0.3, 0.4) is 0 Å². The summed E-state index contributed by atoms with van der Waals surface area (Å²) >= 11 is 0. The normalized spacial score (nSPS) is 16.0. The third kappa shape index (κ3) is 5.26. The molecule has 0 N–H and O–H groups in total. The van der Waals surface area contributed by atoms with E-state index >= 15 is 0 Å². The Morgan fingerprint density at radius 1 is 1.11 bits per heavy atom. The van der Waals surface area contributed by atoms with E-state index in [9.17, 15) is 4.79 Å². The molecule has 1 aliphatic rings. The van der Waals surface area contributed by atoms with Gasteiger partial charge in [-0.3, -0.25) is 9.69 Å². The number of benzene rings is 2. The molecule has 1 aliphatic heterocycles. The van der Waals surface area contributed by atoms with Crippen molar-refractivity contribution in [2.75, 3.05) is 33.3 Å². The van der Waals surface area contributed by atoms with Crippen LogP contribution in [0.2, 0.25) is 0 Å². The predicted molar refractivity (Wildman–Crippen MR) is 116 cm³/mol. The number of rotatable bonds is 9. The van der Waals surface area contributed by atoms with Gasteiger partial charge in [0, 0.05) is 32.1 Å². The number of carbonyl (C=O) groups excluding carboxylic acids is 1. The summed E-state index contributed by atoms with van der Waals surface area (Å²) in [5, 5.41) is 2.47. The van der Waals surface area contributed by atoms with Crippen molar-refractivity contribution in [2.24, 2.45) is 0 Å². The molecule has 4 heteroatoms. The molecule has 1 saturated heterocycles. The second-order valence-corrected chi connectivity index (χ2v) is 7.97. The van der Waals surface area contributed by atoms with Crippen LogP contribution in [0.4, 0.5) is 0 Å². The fraction of sp³-hybridized carbons (Fsp3) is 0.542. The van der Waals surface area contributed by atoms with Crippen molar-refractivity contribution in [3.63, 3.8) is 0 Å². The molecule has 3 rings (SSSR count). The largest absolute Gasteiger partial charge is 0.497 e. The van der Waals surface area contributed by atoms with E-state index in [1.165, 1.54) is 16.3 Å². The molecular weight excluding hydrogens is 348 g/mol. The maximum Gasteiger partial charge on any atom is 0.222 e. The van der Waals surface area contributed by atoms with Crippen LogP contribution in [0.15, 0.2) is 36.4 Å². The Bertz CT molecular complexity index is 789. The molecule has 0 saturated carbocycles. The van der Waals surface area contributed by atoms with E-state index in [4.69, 9.17) is 4.74 Å². The van der Waals surface area contributed by atoms with Gasteiger partial charge in [-0.1, -0.05) is 31.2 Å². The maximum absolute atomic E-state index is 12.1. The molecule has 0 radical (unpaired) electrons. The van der Waals surface area contributed by atoms with Crippen molar-refractivity contribution in [1.29, 1.82) is 0 Å². The predicted octanol–water partition coefficient (Wildman–Crippen LogP) is 4.50. The van der Waals surface area contributed by atoms with Crippen LogP contribution in [0, 0.1) is 0 Å². The first-order valence-electron chi connectivity index (χ1n) is 10.7. The molecule has 1 amide bonds. The molecule has 1 heterocycles. The molecule has 4 nitrogen and oxygen atoms in total. The van der Waals surface area contributed by atoms with E-state index in [0.717, 1.165) is 64.0 Å². The van der Waals surface area contributed by atoms with Gasteiger partial charge < -0.3 is 9.64 Å². The number of hydrogen-bond donors (Lipinski definition) is 0. The summed E-state index contributed by atoms with van der Waals surface area (Å²) in [5.74, 6) is 1.23. The quantitative estimate of drug-likeness (QED) is 0.640. The Balaban J connectivity index is 1.63. The minimum atomic E-state index is 0.334. The Hall–Kier alpha value is -2.07. The van der Waals surface area contributed by atoms with Crippen LogP contribution in [-0.4, -0.2) is 55.0 Å². The van der Waals surface area contributed by atoms with Crippen molar-refractivity contribution in [2.45, 2.75) is 52.0 Å². The van der Waals surface area contributed by atoms with E-state index in [2.05, 4.69) is 54.0 Å². The number of likely N-dealkylation sites (tertiary alicyclic amines) is 1. The van der Waals surface area contributed by atoms with Crippen molar-refractivity contribution < 1.29 is 9.53 Å². The Morgan fingerprint density at radius 2 is 1.89 bits per heavy atom. The van der Waals surface area contributed by atoms with Crippen LogP contribution in [0.1, 0.15) is 45.1 Å². The topological polar surface area (TPSA) is 32.8 Å². The van der Waals surface area contributed by atoms with Gasteiger partial charge in [0.25, 0.3) is 0 Å². The summed E-state index contributed by atoms with van der Waals surface area (Å²) in [5.41, 5.74) is 1.36. The highest BCUT2D eigenvalue weighted by atomic mass is 16.5. The second-order valence-electron chi connectivity index (χ2n) is 7.97. The van der Waals surface area contributed by atoms with Crippen LogP contribution in [0.25, 0.3) is 10.8 Å². The third-order valence-corrected chi connectivity index (χ3v) is 5.86. The molecule has 2 aromatic carbocycles. The van der Waals surface area contributed by atoms with Gasteiger partial charge in [-0.05, 0) is 67.6 Å². The lowest BCUT2D eigenvalue weighted by Crippen LogP contribution is -2.44. The first-order chi connectivity index (χ1) is 13.6. The van der Waals surface area contributed by atoms with Crippen LogP contribution in [0.5, 0.6) is 5.75 Å².